The van der Waals surface area contributed by atoms with Gasteiger partial charge in [-0.25, -0.2) is 0 Å². The van der Waals surface area contributed by atoms with E-state index in [4.69, 9.17) is 9.47 Å². The quantitative estimate of drug-likeness (QED) is 0.561. The maximum absolute atomic E-state index is 11.9. The smallest absolute Gasteiger partial charge is 0.326 e. The van der Waals surface area contributed by atoms with Crippen LogP contribution in [0.25, 0.3) is 0 Å². The number of rotatable bonds is 9. The van der Waals surface area contributed by atoms with Crippen molar-refractivity contribution in [3.8, 4) is 5.75 Å². The summed E-state index contributed by atoms with van der Waals surface area (Å²) in [6.07, 6.45) is 2.55. The minimum atomic E-state index is -0.612. The number of esters is 1. The van der Waals surface area contributed by atoms with E-state index in [1.807, 2.05) is 45.0 Å². The number of hydrogen-bond acceptors (Lipinski definition) is 4. The van der Waals surface area contributed by atoms with E-state index in [0.717, 1.165) is 30.6 Å². The Morgan fingerprint density at radius 3 is 2.62 bits per heavy atom. The summed E-state index contributed by atoms with van der Waals surface area (Å²) in [7, 11) is 1.79. The van der Waals surface area contributed by atoms with Crippen LogP contribution in [0.3, 0.4) is 0 Å². The van der Waals surface area contributed by atoms with Crippen LogP contribution in [0, 0.1) is 6.92 Å². The number of ether oxygens (including phenoxy) is 2. The van der Waals surface area contributed by atoms with Crippen LogP contribution < -0.4 is 10.1 Å². The van der Waals surface area contributed by atoms with Crippen molar-refractivity contribution in [3.05, 3.63) is 29.8 Å². The van der Waals surface area contributed by atoms with Gasteiger partial charge in [-0.2, -0.15) is 0 Å². The van der Waals surface area contributed by atoms with E-state index in [2.05, 4.69) is 5.32 Å². The molecule has 4 nitrogen and oxygen atoms in total. The van der Waals surface area contributed by atoms with Crippen molar-refractivity contribution in [2.24, 2.45) is 0 Å². The fourth-order valence-electron chi connectivity index (χ4n) is 2.10. The first-order valence-electron chi connectivity index (χ1n) is 7.58. The molecule has 0 amide bonds. The molecule has 1 N–H and O–H groups in total. The monoisotopic (exact) mass is 293 g/mol. The molecule has 4 heteroatoms. The minimum absolute atomic E-state index is 0.188. The van der Waals surface area contributed by atoms with Crippen molar-refractivity contribution >= 4 is 5.97 Å². The lowest BCUT2D eigenvalue weighted by Gasteiger charge is -2.26. The lowest BCUT2D eigenvalue weighted by atomic mass is 9.95. The SMILES string of the molecule is CCOC(=O)C(C)(CCCCOc1ccccc1C)NC. The van der Waals surface area contributed by atoms with Gasteiger partial charge in [0.2, 0.25) is 0 Å². The van der Waals surface area contributed by atoms with Crippen molar-refractivity contribution in [2.45, 2.75) is 45.6 Å². The number of aryl methyl sites for hydroxylation is 1. The molecule has 0 fully saturated rings. The molecule has 1 unspecified atom stereocenters. The van der Waals surface area contributed by atoms with Crippen molar-refractivity contribution in [2.75, 3.05) is 20.3 Å². The Kier molecular flexibility index (Phi) is 7.23. The summed E-state index contributed by atoms with van der Waals surface area (Å²) in [5.74, 6) is 0.742. The molecule has 0 saturated carbocycles. The van der Waals surface area contributed by atoms with Gasteiger partial charge in [0, 0.05) is 0 Å². The molecule has 0 radical (unpaired) electrons. The van der Waals surface area contributed by atoms with Crippen molar-refractivity contribution < 1.29 is 14.3 Å². The zero-order valence-corrected chi connectivity index (χ0v) is 13.6. The molecule has 0 aliphatic carbocycles. The summed E-state index contributed by atoms with van der Waals surface area (Å²) in [5.41, 5.74) is 0.530. The second-order valence-corrected chi connectivity index (χ2v) is 5.37. The highest BCUT2D eigenvalue weighted by molar-refractivity contribution is 5.80. The highest BCUT2D eigenvalue weighted by atomic mass is 16.5. The molecule has 21 heavy (non-hydrogen) atoms. The second kappa shape index (κ2) is 8.67. The molecule has 0 aliphatic heterocycles. The number of carbonyl (C=O) groups is 1. The van der Waals surface area contributed by atoms with Crippen LogP contribution in [0.15, 0.2) is 24.3 Å². The fraction of sp³-hybridized carbons (Fsp3) is 0.588. The van der Waals surface area contributed by atoms with Gasteiger partial charge < -0.3 is 14.8 Å². The van der Waals surface area contributed by atoms with Gasteiger partial charge in [0.1, 0.15) is 11.3 Å². The van der Waals surface area contributed by atoms with Crippen LogP contribution in [-0.4, -0.2) is 31.8 Å². The molecule has 1 aromatic carbocycles. The third kappa shape index (κ3) is 5.38. The van der Waals surface area contributed by atoms with E-state index in [1.165, 1.54) is 0 Å². The number of benzene rings is 1. The normalized spacial score (nSPS) is 13.5. The number of hydrogen-bond donors (Lipinski definition) is 1. The van der Waals surface area contributed by atoms with Crippen LogP contribution in [0.2, 0.25) is 0 Å². The van der Waals surface area contributed by atoms with Crippen molar-refractivity contribution in [1.29, 1.82) is 0 Å². The Morgan fingerprint density at radius 1 is 1.29 bits per heavy atom. The van der Waals surface area contributed by atoms with Gasteiger partial charge >= 0.3 is 5.97 Å². The number of unbranched alkanes of at least 4 members (excludes halogenated alkanes) is 1. The standard InChI is InChI=1S/C17H27NO3/c1-5-20-16(19)17(3,18-4)12-8-9-13-21-15-11-7-6-10-14(15)2/h6-7,10-11,18H,5,8-9,12-13H2,1-4H3. The van der Waals surface area contributed by atoms with Crippen LogP contribution in [-0.2, 0) is 9.53 Å². The van der Waals surface area contributed by atoms with Crippen LogP contribution in [0.4, 0.5) is 0 Å². The van der Waals surface area contributed by atoms with Gasteiger partial charge in [-0.05, 0) is 58.7 Å². The van der Waals surface area contributed by atoms with Crippen LogP contribution >= 0.6 is 0 Å². The molecule has 0 heterocycles. The molecule has 0 aliphatic rings. The first-order valence-corrected chi connectivity index (χ1v) is 7.58. The summed E-state index contributed by atoms with van der Waals surface area (Å²) in [6.45, 7) is 6.81. The van der Waals surface area contributed by atoms with Crippen LogP contribution in [0.1, 0.15) is 38.7 Å². The molecule has 1 rings (SSSR count). The second-order valence-electron chi connectivity index (χ2n) is 5.37. The molecule has 1 atom stereocenters. The van der Waals surface area contributed by atoms with Crippen LogP contribution in [0.5, 0.6) is 5.75 Å². The zero-order chi connectivity index (χ0) is 15.7. The summed E-state index contributed by atoms with van der Waals surface area (Å²) in [4.78, 5) is 11.9. The van der Waals surface area contributed by atoms with Gasteiger partial charge in [0.15, 0.2) is 0 Å². The summed E-state index contributed by atoms with van der Waals surface area (Å²) < 4.78 is 10.9. The Morgan fingerprint density at radius 2 is 2.00 bits per heavy atom. The molecular weight excluding hydrogens is 266 g/mol. The lowest BCUT2D eigenvalue weighted by Crippen LogP contribution is -2.48. The van der Waals surface area contributed by atoms with E-state index >= 15 is 0 Å². The van der Waals surface area contributed by atoms with E-state index < -0.39 is 5.54 Å². The number of likely N-dealkylation sites (N-methyl/N-ethyl adjacent to an activating group) is 1. The van der Waals surface area contributed by atoms with Gasteiger partial charge in [0.05, 0.1) is 13.2 Å². The molecular formula is C17H27NO3. The van der Waals surface area contributed by atoms with E-state index in [-0.39, 0.29) is 5.97 Å². The Bertz CT molecular complexity index is 447. The third-order valence-corrected chi connectivity index (χ3v) is 3.70. The summed E-state index contributed by atoms with van der Waals surface area (Å²) >= 11 is 0. The Balaban J connectivity index is 2.32. The maximum Gasteiger partial charge on any atom is 0.326 e. The highest BCUT2D eigenvalue weighted by Crippen LogP contribution is 2.18. The molecule has 0 bridgehead atoms. The van der Waals surface area contributed by atoms with E-state index in [9.17, 15) is 4.79 Å². The molecule has 118 valence electrons. The largest absolute Gasteiger partial charge is 0.493 e. The first kappa shape index (κ1) is 17.5. The first-order chi connectivity index (χ1) is 10.0. The average Bonchev–Trinajstić information content (AvgIpc) is 2.48. The Hall–Kier alpha value is -1.55. The topological polar surface area (TPSA) is 47.6 Å². The molecule has 0 spiro atoms. The number of nitrogens with one attached hydrogen (secondary N) is 1. The van der Waals surface area contributed by atoms with Crippen molar-refractivity contribution in [1.82, 2.24) is 5.32 Å². The zero-order valence-electron chi connectivity index (χ0n) is 13.6. The van der Waals surface area contributed by atoms with E-state index in [0.29, 0.717) is 13.2 Å². The molecule has 1 aromatic rings. The Labute approximate surface area is 127 Å². The fourth-order valence-corrected chi connectivity index (χ4v) is 2.10. The van der Waals surface area contributed by atoms with Gasteiger partial charge in [-0.15, -0.1) is 0 Å². The van der Waals surface area contributed by atoms with Gasteiger partial charge in [-0.1, -0.05) is 18.2 Å². The average molecular weight is 293 g/mol. The van der Waals surface area contributed by atoms with Crippen molar-refractivity contribution in [3.63, 3.8) is 0 Å². The maximum atomic E-state index is 11.9. The number of carbonyl (C=O) groups excluding carboxylic acids is 1. The summed E-state index contributed by atoms with van der Waals surface area (Å²) in [5, 5.41) is 3.07. The summed E-state index contributed by atoms with van der Waals surface area (Å²) in [6, 6.07) is 7.99. The number of para-hydroxylation sites is 1. The third-order valence-electron chi connectivity index (χ3n) is 3.70. The lowest BCUT2D eigenvalue weighted by molar-refractivity contribution is -0.150. The molecule has 0 saturated heterocycles. The van der Waals surface area contributed by atoms with Gasteiger partial charge in [-0.3, -0.25) is 4.79 Å². The highest BCUT2D eigenvalue weighted by Gasteiger charge is 2.32. The minimum Gasteiger partial charge on any atom is -0.493 e. The molecule has 0 aromatic heterocycles. The predicted octanol–water partition coefficient (Wildman–Crippen LogP) is 3.09. The predicted molar refractivity (Wildman–Crippen MR) is 84.6 cm³/mol. The van der Waals surface area contributed by atoms with Gasteiger partial charge in [0.25, 0.3) is 0 Å². The van der Waals surface area contributed by atoms with E-state index in [1.54, 1.807) is 7.05 Å².